The number of anilines is 1. The molecule has 9 heteroatoms. The van der Waals surface area contributed by atoms with Crippen LogP contribution >= 0.6 is 23.4 Å². The van der Waals surface area contributed by atoms with Gasteiger partial charge < -0.3 is 5.32 Å². The first-order valence-corrected chi connectivity index (χ1v) is 8.90. The second-order valence-corrected chi connectivity index (χ2v) is 7.03. The number of aromatic nitrogens is 3. The predicted octanol–water partition coefficient (Wildman–Crippen LogP) is 3.64. The highest BCUT2D eigenvalue weighted by atomic mass is 35.5. The molecule has 0 radical (unpaired) electrons. The average Bonchev–Trinajstić information content (AvgIpc) is 3.00. The van der Waals surface area contributed by atoms with E-state index in [9.17, 15) is 13.6 Å². The van der Waals surface area contributed by atoms with E-state index >= 15 is 0 Å². The highest BCUT2D eigenvalue weighted by molar-refractivity contribution is 7.99. The molecule has 0 aliphatic heterocycles. The molecule has 1 N–H and O–H groups in total. The Balaban J connectivity index is 1.47. The summed E-state index contributed by atoms with van der Waals surface area (Å²) in [5.41, 5.74) is 1.13. The van der Waals surface area contributed by atoms with Crippen molar-refractivity contribution in [2.45, 2.75) is 18.8 Å². The minimum absolute atomic E-state index is 0.0324. The lowest BCUT2D eigenvalue weighted by molar-refractivity contribution is -0.115. The van der Waals surface area contributed by atoms with Crippen molar-refractivity contribution in [2.75, 3.05) is 16.8 Å². The Morgan fingerprint density at radius 2 is 2.33 bits per heavy atom. The third kappa shape index (κ3) is 4.24. The molecule has 2 aromatic rings. The van der Waals surface area contributed by atoms with Crippen LogP contribution in [-0.4, -0.2) is 38.1 Å². The van der Waals surface area contributed by atoms with Crippen molar-refractivity contribution in [3.63, 3.8) is 0 Å². The second kappa shape index (κ2) is 7.06. The lowest BCUT2D eigenvalue weighted by Crippen LogP contribution is -2.12. The van der Waals surface area contributed by atoms with Crippen LogP contribution in [0.4, 0.5) is 14.5 Å². The molecule has 3 rings (SSSR count). The molecule has 0 bridgehead atoms. The third-order valence-corrected chi connectivity index (χ3v) is 5.01. The Labute approximate surface area is 146 Å². The number of thioether (sulfide) groups is 1. The molecule has 1 amide bonds. The number of carbonyl (C=O) groups excluding carboxylic acids is 1. The Kier molecular flexibility index (Phi) is 5.05. The minimum atomic E-state index is -2.50. The van der Waals surface area contributed by atoms with Gasteiger partial charge in [0.1, 0.15) is 0 Å². The fourth-order valence-corrected chi connectivity index (χ4v) is 3.43. The molecule has 0 aromatic carbocycles. The quantitative estimate of drug-likeness (QED) is 0.754. The van der Waals surface area contributed by atoms with E-state index in [-0.39, 0.29) is 23.9 Å². The summed E-state index contributed by atoms with van der Waals surface area (Å²) < 4.78 is 27.0. The number of alkyl halides is 2. The summed E-state index contributed by atoms with van der Waals surface area (Å²) in [5.74, 6) is -2.37. The van der Waals surface area contributed by atoms with Crippen LogP contribution in [0.15, 0.2) is 30.7 Å². The molecular weight excluding hydrogens is 358 g/mol. The van der Waals surface area contributed by atoms with E-state index in [0.29, 0.717) is 17.2 Å². The van der Waals surface area contributed by atoms with Gasteiger partial charge in [0, 0.05) is 36.5 Å². The number of hydrogen-bond acceptors (Lipinski definition) is 4. The Bertz CT molecular complexity index is 726. The number of hydrogen-bond donors (Lipinski definition) is 1. The Hall–Kier alpha value is -1.67. The summed E-state index contributed by atoms with van der Waals surface area (Å²) in [6.07, 6.45) is 5.08. The van der Waals surface area contributed by atoms with Gasteiger partial charge in [-0.05, 0) is 12.1 Å². The Morgan fingerprint density at radius 1 is 1.54 bits per heavy atom. The highest BCUT2D eigenvalue weighted by Crippen LogP contribution is 2.50. The first-order valence-electron chi connectivity index (χ1n) is 7.37. The number of carbonyl (C=O) groups is 1. The normalized spacial score (nSPS) is 18.4. The van der Waals surface area contributed by atoms with Crippen molar-refractivity contribution in [3.05, 3.63) is 35.9 Å². The van der Waals surface area contributed by atoms with E-state index in [4.69, 9.17) is 11.6 Å². The largest absolute Gasteiger partial charge is 0.322 e. The standard InChI is InChI=1S/C15H15ClF2N4OS/c16-14-12(8-22(21-14)11-2-1-4-19-7-11)20-13(23)3-5-24-9-10-6-15(10,17)18/h1-2,4,7-8,10H,3,5-6,9H2,(H,20,23). The van der Waals surface area contributed by atoms with Gasteiger partial charge in [-0.15, -0.1) is 0 Å². The van der Waals surface area contributed by atoms with Gasteiger partial charge in [0.2, 0.25) is 5.91 Å². The number of pyridine rings is 1. The second-order valence-electron chi connectivity index (χ2n) is 5.52. The summed E-state index contributed by atoms with van der Waals surface area (Å²) >= 11 is 7.39. The van der Waals surface area contributed by atoms with Gasteiger partial charge >= 0.3 is 0 Å². The molecule has 1 aliphatic carbocycles. The van der Waals surface area contributed by atoms with Crippen LogP contribution in [0.3, 0.4) is 0 Å². The zero-order valence-corrected chi connectivity index (χ0v) is 14.2. The van der Waals surface area contributed by atoms with Crippen molar-refractivity contribution in [1.82, 2.24) is 14.8 Å². The number of nitrogens with one attached hydrogen (secondary N) is 1. The molecule has 1 fully saturated rings. The van der Waals surface area contributed by atoms with Crippen molar-refractivity contribution in [3.8, 4) is 5.69 Å². The first kappa shape index (κ1) is 17.2. The molecule has 2 aromatic heterocycles. The predicted molar refractivity (Wildman–Crippen MR) is 90.0 cm³/mol. The molecule has 1 aliphatic rings. The SMILES string of the molecule is O=C(CCSCC1CC1(F)F)Nc1cn(-c2cccnc2)nc1Cl. The smallest absolute Gasteiger partial charge is 0.252 e. The molecule has 0 spiro atoms. The van der Waals surface area contributed by atoms with Gasteiger partial charge in [-0.25, -0.2) is 13.5 Å². The number of halogens is 3. The van der Waals surface area contributed by atoms with E-state index in [0.717, 1.165) is 5.69 Å². The minimum Gasteiger partial charge on any atom is -0.322 e. The van der Waals surface area contributed by atoms with E-state index in [1.165, 1.54) is 16.4 Å². The van der Waals surface area contributed by atoms with E-state index in [2.05, 4.69) is 15.4 Å². The van der Waals surface area contributed by atoms with Crippen LogP contribution in [0.2, 0.25) is 5.15 Å². The zero-order valence-electron chi connectivity index (χ0n) is 12.6. The maximum absolute atomic E-state index is 12.7. The maximum Gasteiger partial charge on any atom is 0.252 e. The molecule has 1 atom stereocenters. The number of amides is 1. The molecule has 5 nitrogen and oxygen atoms in total. The monoisotopic (exact) mass is 372 g/mol. The summed E-state index contributed by atoms with van der Waals surface area (Å²) in [6.45, 7) is 0. The van der Waals surface area contributed by atoms with Gasteiger partial charge in [0.05, 0.1) is 23.8 Å². The summed E-state index contributed by atoms with van der Waals surface area (Å²) in [7, 11) is 0. The van der Waals surface area contributed by atoms with Crippen molar-refractivity contribution < 1.29 is 13.6 Å². The highest BCUT2D eigenvalue weighted by Gasteiger charge is 2.56. The average molecular weight is 373 g/mol. The fraction of sp³-hybridized carbons (Fsp3) is 0.400. The van der Waals surface area contributed by atoms with Gasteiger partial charge in [-0.3, -0.25) is 9.78 Å². The molecule has 2 heterocycles. The van der Waals surface area contributed by atoms with E-state index in [1.807, 2.05) is 6.07 Å². The third-order valence-electron chi connectivity index (χ3n) is 3.60. The molecule has 24 heavy (non-hydrogen) atoms. The number of rotatable bonds is 7. The van der Waals surface area contributed by atoms with Gasteiger partial charge in [0.15, 0.2) is 5.15 Å². The van der Waals surface area contributed by atoms with Crippen LogP contribution < -0.4 is 5.32 Å². The Morgan fingerprint density at radius 3 is 3.00 bits per heavy atom. The molecule has 1 unspecified atom stereocenters. The molecule has 128 valence electrons. The topological polar surface area (TPSA) is 59.8 Å². The molecule has 1 saturated carbocycles. The van der Waals surface area contributed by atoms with Gasteiger partial charge in [-0.2, -0.15) is 16.9 Å². The summed E-state index contributed by atoms with van der Waals surface area (Å²) in [6, 6.07) is 3.58. The van der Waals surface area contributed by atoms with Gasteiger partial charge in [0.25, 0.3) is 5.92 Å². The summed E-state index contributed by atoms with van der Waals surface area (Å²) in [5, 5.41) is 6.98. The van der Waals surface area contributed by atoms with Crippen molar-refractivity contribution >= 4 is 35.0 Å². The van der Waals surface area contributed by atoms with Crippen LogP contribution in [0.25, 0.3) is 5.69 Å². The van der Waals surface area contributed by atoms with Crippen molar-refractivity contribution in [2.24, 2.45) is 5.92 Å². The first-order chi connectivity index (χ1) is 11.5. The van der Waals surface area contributed by atoms with Crippen molar-refractivity contribution in [1.29, 1.82) is 0 Å². The number of nitrogens with zero attached hydrogens (tertiary/aromatic N) is 3. The maximum atomic E-state index is 12.7. The molecule has 0 saturated heterocycles. The van der Waals surface area contributed by atoms with Crippen LogP contribution in [0, 0.1) is 5.92 Å². The van der Waals surface area contributed by atoms with E-state index < -0.39 is 11.8 Å². The lowest BCUT2D eigenvalue weighted by Gasteiger charge is -2.03. The zero-order chi connectivity index (χ0) is 17.2. The van der Waals surface area contributed by atoms with Crippen LogP contribution in [-0.2, 0) is 4.79 Å². The fourth-order valence-electron chi connectivity index (χ4n) is 2.11. The van der Waals surface area contributed by atoms with Crippen LogP contribution in [0.5, 0.6) is 0 Å². The van der Waals surface area contributed by atoms with Crippen LogP contribution in [0.1, 0.15) is 12.8 Å². The van der Waals surface area contributed by atoms with E-state index in [1.54, 1.807) is 24.7 Å². The molecular formula is C15H15ClF2N4OS. The lowest BCUT2D eigenvalue weighted by atomic mass is 10.4. The van der Waals surface area contributed by atoms with Gasteiger partial charge in [-0.1, -0.05) is 11.6 Å². The summed E-state index contributed by atoms with van der Waals surface area (Å²) in [4.78, 5) is 15.9.